The molecule has 4 aliphatic carbocycles. The van der Waals surface area contributed by atoms with Crippen LogP contribution in [0.5, 0.6) is 0 Å². The zero-order valence-corrected chi connectivity index (χ0v) is 19.9. The largest absolute Gasteiger partial charge is 0.417 e. The molecular weight excluding hydrogens is 459 g/mol. The molecule has 0 unspecified atom stereocenters. The Hall–Kier alpha value is -2.91. The van der Waals surface area contributed by atoms with Gasteiger partial charge in [-0.2, -0.15) is 18.3 Å². The number of amides is 2. The van der Waals surface area contributed by atoms with Crippen LogP contribution >= 0.6 is 0 Å². The van der Waals surface area contributed by atoms with Crippen molar-refractivity contribution >= 4 is 11.8 Å². The van der Waals surface area contributed by atoms with Crippen LogP contribution in [0.1, 0.15) is 86.3 Å². The molecule has 0 radical (unpaired) electrons. The van der Waals surface area contributed by atoms with Crippen LogP contribution in [-0.2, 0) is 11.0 Å². The molecule has 4 aliphatic rings. The Morgan fingerprint density at radius 1 is 1.06 bits per heavy atom. The van der Waals surface area contributed by atoms with E-state index in [1.165, 1.54) is 36.2 Å². The van der Waals surface area contributed by atoms with E-state index in [9.17, 15) is 22.8 Å². The second-order valence-corrected chi connectivity index (χ2v) is 11.0. The predicted octanol–water partition coefficient (Wildman–Crippen LogP) is 4.78. The molecule has 0 aliphatic heterocycles. The standard InChI is InChI=1S/C25H30F3N5O2/c1-14(2)22-19(13-30-33(22)20-4-3-18(12-29-20)25(26,27)28)23(35)32-31-21(34)11-24-8-15-5-16(9-24)7-17(6-15)10-24/h3-4,12-17H,5-11H2,1-2H3,(H,31,34)(H,32,35). The van der Waals surface area contributed by atoms with Gasteiger partial charge in [0, 0.05) is 12.6 Å². The van der Waals surface area contributed by atoms with Crippen LogP contribution in [0, 0.1) is 23.2 Å². The topological polar surface area (TPSA) is 88.9 Å². The van der Waals surface area contributed by atoms with Crippen LogP contribution in [0.25, 0.3) is 5.82 Å². The lowest BCUT2D eigenvalue weighted by Crippen LogP contribution is -2.50. The fourth-order valence-electron chi connectivity index (χ4n) is 7.04. The highest BCUT2D eigenvalue weighted by Gasteiger charge is 2.51. The van der Waals surface area contributed by atoms with Crippen molar-refractivity contribution in [1.29, 1.82) is 0 Å². The van der Waals surface area contributed by atoms with E-state index in [0.717, 1.165) is 49.3 Å². The van der Waals surface area contributed by atoms with Gasteiger partial charge >= 0.3 is 6.18 Å². The number of pyridine rings is 1. The molecule has 2 aromatic heterocycles. The Kier molecular flexibility index (Phi) is 5.88. The molecule has 0 spiro atoms. The summed E-state index contributed by atoms with van der Waals surface area (Å²) in [5.41, 5.74) is 5.01. The van der Waals surface area contributed by atoms with Crippen molar-refractivity contribution in [2.24, 2.45) is 23.2 Å². The van der Waals surface area contributed by atoms with Crippen molar-refractivity contribution in [3.63, 3.8) is 0 Å². The van der Waals surface area contributed by atoms with Crippen molar-refractivity contribution in [2.75, 3.05) is 0 Å². The fraction of sp³-hybridized carbons (Fsp3) is 0.600. The SMILES string of the molecule is CC(C)c1c(C(=O)NNC(=O)CC23CC4CC(CC(C4)C2)C3)cnn1-c1ccc(C(F)(F)F)cn1. The molecule has 10 heteroatoms. The average Bonchev–Trinajstić information content (AvgIpc) is 3.21. The number of hydrogen-bond acceptors (Lipinski definition) is 4. The van der Waals surface area contributed by atoms with E-state index in [4.69, 9.17) is 0 Å². The summed E-state index contributed by atoms with van der Waals surface area (Å²) in [5.74, 6) is 1.50. The van der Waals surface area contributed by atoms with Crippen molar-refractivity contribution < 1.29 is 22.8 Å². The average molecular weight is 490 g/mol. The molecule has 4 saturated carbocycles. The van der Waals surface area contributed by atoms with Gasteiger partial charge in [0.15, 0.2) is 5.82 Å². The second-order valence-electron chi connectivity index (χ2n) is 11.0. The number of hydrazine groups is 1. The van der Waals surface area contributed by atoms with E-state index in [1.807, 2.05) is 13.8 Å². The monoisotopic (exact) mass is 489 g/mol. The van der Waals surface area contributed by atoms with Gasteiger partial charge in [0.1, 0.15) is 0 Å². The third kappa shape index (κ3) is 4.67. The summed E-state index contributed by atoms with van der Waals surface area (Å²) < 4.78 is 40.0. The number of hydrogen-bond donors (Lipinski definition) is 2. The Balaban J connectivity index is 1.26. The summed E-state index contributed by atoms with van der Waals surface area (Å²) in [6.45, 7) is 3.69. The lowest BCUT2D eigenvalue weighted by molar-refractivity contribution is -0.137. The highest BCUT2D eigenvalue weighted by atomic mass is 19.4. The van der Waals surface area contributed by atoms with Crippen molar-refractivity contribution in [2.45, 2.75) is 70.9 Å². The smallest absolute Gasteiger partial charge is 0.273 e. The second kappa shape index (κ2) is 8.64. The molecule has 2 aromatic rings. The molecule has 2 amide bonds. The van der Waals surface area contributed by atoms with Crippen LogP contribution < -0.4 is 10.9 Å². The molecule has 7 nitrogen and oxygen atoms in total. The Labute approximate surface area is 201 Å². The predicted molar refractivity (Wildman–Crippen MR) is 121 cm³/mol. The van der Waals surface area contributed by atoms with Gasteiger partial charge in [-0.15, -0.1) is 0 Å². The van der Waals surface area contributed by atoms with Gasteiger partial charge < -0.3 is 0 Å². The molecule has 6 rings (SSSR count). The highest BCUT2D eigenvalue weighted by Crippen LogP contribution is 2.61. The third-order valence-corrected chi connectivity index (χ3v) is 7.91. The minimum Gasteiger partial charge on any atom is -0.273 e. The molecule has 35 heavy (non-hydrogen) atoms. The molecule has 2 heterocycles. The summed E-state index contributed by atoms with van der Waals surface area (Å²) >= 11 is 0. The maximum Gasteiger partial charge on any atom is 0.417 e. The van der Waals surface area contributed by atoms with Gasteiger partial charge in [-0.05, 0) is 79.7 Å². The van der Waals surface area contributed by atoms with Crippen LogP contribution in [0.3, 0.4) is 0 Å². The van der Waals surface area contributed by atoms with Crippen molar-refractivity contribution in [3.05, 3.63) is 41.3 Å². The minimum absolute atomic E-state index is 0.0613. The van der Waals surface area contributed by atoms with E-state index in [1.54, 1.807) is 0 Å². The van der Waals surface area contributed by atoms with E-state index in [-0.39, 0.29) is 28.6 Å². The third-order valence-electron chi connectivity index (χ3n) is 7.91. The molecule has 4 bridgehead atoms. The Morgan fingerprint density at radius 2 is 1.69 bits per heavy atom. The molecule has 4 fully saturated rings. The summed E-state index contributed by atoms with van der Waals surface area (Å²) in [7, 11) is 0. The number of nitrogens with one attached hydrogen (secondary N) is 2. The number of carbonyl (C=O) groups excluding carboxylic acids is 2. The van der Waals surface area contributed by atoms with Gasteiger partial charge in [0.05, 0.1) is 23.0 Å². The van der Waals surface area contributed by atoms with Crippen LogP contribution in [0.15, 0.2) is 24.5 Å². The maximum atomic E-state index is 12.9. The van der Waals surface area contributed by atoms with Gasteiger partial charge in [-0.1, -0.05) is 13.8 Å². The van der Waals surface area contributed by atoms with Crippen molar-refractivity contribution in [3.8, 4) is 5.82 Å². The first-order valence-corrected chi connectivity index (χ1v) is 12.2. The number of alkyl halides is 3. The van der Waals surface area contributed by atoms with Gasteiger partial charge in [0.25, 0.3) is 5.91 Å². The van der Waals surface area contributed by atoms with Gasteiger partial charge in [-0.3, -0.25) is 20.4 Å². The first-order chi connectivity index (χ1) is 16.5. The number of halogens is 3. The molecular formula is C25H30F3N5O2. The number of rotatable bonds is 5. The fourth-order valence-corrected chi connectivity index (χ4v) is 7.04. The minimum atomic E-state index is -4.49. The molecule has 0 aromatic carbocycles. The summed E-state index contributed by atoms with van der Waals surface area (Å²) in [6.07, 6.45) is 5.22. The zero-order chi connectivity index (χ0) is 25.0. The zero-order valence-electron chi connectivity index (χ0n) is 19.9. The van der Waals surface area contributed by atoms with Crippen LogP contribution in [0.2, 0.25) is 0 Å². The number of aromatic nitrogens is 3. The number of nitrogens with zero attached hydrogens (tertiary/aromatic N) is 3. The maximum absolute atomic E-state index is 12.9. The summed E-state index contributed by atoms with van der Waals surface area (Å²) in [6, 6.07) is 2.15. The lowest BCUT2D eigenvalue weighted by Gasteiger charge is -2.56. The molecule has 2 N–H and O–H groups in total. The van der Waals surface area contributed by atoms with E-state index < -0.39 is 17.6 Å². The molecule has 188 valence electrons. The number of carbonyl (C=O) groups is 2. The first-order valence-electron chi connectivity index (χ1n) is 12.2. The Bertz CT molecular complexity index is 1090. The van der Waals surface area contributed by atoms with Gasteiger partial charge in [-0.25, -0.2) is 9.67 Å². The summed E-state index contributed by atoms with van der Waals surface area (Å²) in [4.78, 5) is 29.6. The first kappa shape index (κ1) is 23.8. The van der Waals surface area contributed by atoms with E-state index in [2.05, 4.69) is 20.9 Å². The van der Waals surface area contributed by atoms with E-state index in [0.29, 0.717) is 12.1 Å². The Morgan fingerprint density at radius 3 is 2.20 bits per heavy atom. The van der Waals surface area contributed by atoms with Crippen LogP contribution in [0.4, 0.5) is 13.2 Å². The quantitative estimate of drug-likeness (QED) is 0.592. The van der Waals surface area contributed by atoms with Crippen LogP contribution in [-0.4, -0.2) is 26.6 Å². The highest BCUT2D eigenvalue weighted by molar-refractivity contribution is 5.96. The molecule has 0 saturated heterocycles. The summed E-state index contributed by atoms with van der Waals surface area (Å²) in [5, 5.41) is 4.19. The van der Waals surface area contributed by atoms with Gasteiger partial charge in [0.2, 0.25) is 5.91 Å². The lowest BCUT2D eigenvalue weighted by atomic mass is 9.49. The normalized spacial score (nSPS) is 27.3. The van der Waals surface area contributed by atoms with Crippen molar-refractivity contribution in [1.82, 2.24) is 25.6 Å². The van der Waals surface area contributed by atoms with E-state index >= 15 is 0 Å². The molecule has 0 atom stereocenters.